The number of likely N-dealkylation sites (N-methyl/N-ethyl adjacent to an activating group) is 2. The van der Waals surface area contributed by atoms with Gasteiger partial charge < -0.3 is 9.80 Å². The fourth-order valence-electron chi connectivity index (χ4n) is 2.83. The van der Waals surface area contributed by atoms with E-state index in [1.165, 1.54) is 26.2 Å². The van der Waals surface area contributed by atoms with Gasteiger partial charge in [-0.2, -0.15) is 4.31 Å². The molecule has 1 fully saturated rings. The van der Waals surface area contributed by atoms with Gasteiger partial charge in [-0.1, -0.05) is 0 Å². The van der Waals surface area contributed by atoms with Crippen molar-refractivity contribution in [2.75, 3.05) is 40.8 Å². The lowest BCUT2D eigenvalue weighted by molar-refractivity contribution is -0.141. The summed E-state index contributed by atoms with van der Waals surface area (Å²) in [5, 5.41) is 0. The van der Waals surface area contributed by atoms with Gasteiger partial charge in [-0.05, 0) is 37.1 Å². The molecular formula is C17H24FN3O4S. The third-order valence-corrected chi connectivity index (χ3v) is 6.41. The van der Waals surface area contributed by atoms with Crippen LogP contribution in [0.4, 0.5) is 4.39 Å². The van der Waals surface area contributed by atoms with Gasteiger partial charge in [-0.3, -0.25) is 9.59 Å². The maximum atomic E-state index is 13.0. The predicted molar refractivity (Wildman–Crippen MR) is 94.2 cm³/mol. The number of rotatable bonds is 5. The fourth-order valence-corrected chi connectivity index (χ4v) is 4.30. The Morgan fingerprint density at radius 3 is 2.15 bits per heavy atom. The number of hydrogen-bond acceptors (Lipinski definition) is 4. The maximum absolute atomic E-state index is 13.0. The van der Waals surface area contributed by atoms with Gasteiger partial charge >= 0.3 is 0 Å². The van der Waals surface area contributed by atoms with Crippen molar-refractivity contribution >= 4 is 21.8 Å². The molecule has 1 heterocycles. The fraction of sp³-hybridized carbons (Fsp3) is 0.529. The van der Waals surface area contributed by atoms with Crippen molar-refractivity contribution in [3.05, 3.63) is 30.1 Å². The molecule has 1 aromatic rings. The molecule has 1 aliphatic heterocycles. The summed E-state index contributed by atoms with van der Waals surface area (Å²) in [6.07, 6.45) is 0.777. The third-order valence-electron chi connectivity index (χ3n) is 4.50. The zero-order valence-corrected chi connectivity index (χ0v) is 16.0. The summed E-state index contributed by atoms with van der Waals surface area (Å²) < 4.78 is 39.5. The van der Waals surface area contributed by atoms with Gasteiger partial charge in [0.2, 0.25) is 21.8 Å². The van der Waals surface area contributed by atoms with Crippen LogP contribution in [0.2, 0.25) is 0 Å². The van der Waals surface area contributed by atoms with Crippen LogP contribution in [0.1, 0.15) is 12.8 Å². The molecule has 0 saturated carbocycles. The van der Waals surface area contributed by atoms with Gasteiger partial charge in [0.15, 0.2) is 0 Å². The van der Waals surface area contributed by atoms with Crippen molar-refractivity contribution in [3.63, 3.8) is 0 Å². The molecule has 0 bridgehead atoms. The van der Waals surface area contributed by atoms with E-state index in [-0.39, 0.29) is 42.3 Å². The summed E-state index contributed by atoms with van der Waals surface area (Å²) in [5.74, 6) is -1.13. The molecule has 0 unspecified atom stereocenters. The van der Waals surface area contributed by atoms with Crippen LogP contribution in [0.5, 0.6) is 0 Å². The number of piperidine rings is 1. The Morgan fingerprint density at radius 2 is 1.65 bits per heavy atom. The molecule has 1 aliphatic rings. The number of carbonyl (C=O) groups excluding carboxylic acids is 2. The highest BCUT2D eigenvalue weighted by molar-refractivity contribution is 7.89. The van der Waals surface area contributed by atoms with E-state index < -0.39 is 15.8 Å². The van der Waals surface area contributed by atoms with E-state index in [2.05, 4.69) is 0 Å². The normalized spacial score (nSPS) is 16.3. The van der Waals surface area contributed by atoms with Crippen LogP contribution in [0.25, 0.3) is 0 Å². The molecule has 0 N–H and O–H groups in total. The van der Waals surface area contributed by atoms with E-state index >= 15 is 0 Å². The molecule has 0 aromatic heterocycles. The van der Waals surface area contributed by atoms with E-state index in [4.69, 9.17) is 0 Å². The Balaban J connectivity index is 1.97. The molecule has 7 nitrogen and oxygen atoms in total. The van der Waals surface area contributed by atoms with Crippen LogP contribution < -0.4 is 0 Å². The number of halogens is 1. The molecule has 9 heteroatoms. The van der Waals surface area contributed by atoms with Crippen molar-refractivity contribution in [2.24, 2.45) is 5.92 Å². The smallest absolute Gasteiger partial charge is 0.243 e. The lowest BCUT2D eigenvalue weighted by atomic mass is 9.96. The van der Waals surface area contributed by atoms with Crippen LogP contribution in [-0.2, 0) is 19.6 Å². The molecule has 144 valence electrons. The molecule has 0 spiro atoms. The number of nitrogens with zero attached hydrogens (tertiary/aromatic N) is 3. The second kappa shape index (κ2) is 8.13. The summed E-state index contributed by atoms with van der Waals surface area (Å²) >= 11 is 0. The molecule has 0 aliphatic carbocycles. The Morgan fingerprint density at radius 1 is 1.12 bits per heavy atom. The number of sulfonamides is 1. The molecule has 1 saturated heterocycles. The standard InChI is InChI=1S/C17H24FN3O4S/c1-19(2)16(22)12-20(3)17(23)13-8-10-21(11-9-13)26(24,25)15-6-4-14(18)5-7-15/h4-7,13H,8-12H2,1-3H3. The molecule has 1 aromatic carbocycles. The third kappa shape index (κ3) is 4.59. The minimum Gasteiger partial charge on any atom is -0.347 e. The van der Waals surface area contributed by atoms with Crippen LogP contribution in [0, 0.1) is 11.7 Å². The summed E-state index contributed by atoms with van der Waals surface area (Å²) in [5.41, 5.74) is 0. The average Bonchev–Trinajstić information content (AvgIpc) is 2.61. The van der Waals surface area contributed by atoms with Gasteiger partial charge in [-0.25, -0.2) is 12.8 Å². The SMILES string of the molecule is CN(C)C(=O)CN(C)C(=O)C1CCN(S(=O)(=O)c2ccc(F)cc2)CC1. The quantitative estimate of drug-likeness (QED) is 0.750. The molecule has 0 radical (unpaired) electrons. The van der Waals surface area contributed by atoms with Crippen molar-refractivity contribution in [1.82, 2.24) is 14.1 Å². The molecular weight excluding hydrogens is 361 g/mol. The van der Waals surface area contributed by atoms with E-state index in [9.17, 15) is 22.4 Å². The Hall–Kier alpha value is -2.00. The van der Waals surface area contributed by atoms with Gasteiger partial charge in [0.1, 0.15) is 5.82 Å². The highest BCUT2D eigenvalue weighted by atomic mass is 32.2. The highest BCUT2D eigenvalue weighted by Crippen LogP contribution is 2.25. The van der Waals surface area contributed by atoms with Crippen LogP contribution in [-0.4, -0.2) is 75.1 Å². The van der Waals surface area contributed by atoms with Gasteiger partial charge in [0.25, 0.3) is 0 Å². The first-order valence-corrected chi connectivity index (χ1v) is 9.77. The Bertz CT molecular complexity index is 757. The lowest BCUT2D eigenvalue weighted by Crippen LogP contribution is -2.45. The van der Waals surface area contributed by atoms with Crippen molar-refractivity contribution in [1.29, 1.82) is 0 Å². The highest BCUT2D eigenvalue weighted by Gasteiger charge is 2.33. The summed E-state index contributed by atoms with van der Waals surface area (Å²) in [4.78, 5) is 27.0. The van der Waals surface area contributed by atoms with E-state index in [1.54, 1.807) is 21.1 Å². The molecule has 26 heavy (non-hydrogen) atoms. The van der Waals surface area contributed by atoms with Gasteiger partial charge in [0, 0.05) is 40.2 Å². The molecule has 2 rings (SSSR count). The monoisotopic (exact) mass is 385 g/mol. The summed E-state index contributed by atoms with van der Waals surface area (Å²) in [6, 6.07) is 4.70. The topological polar surface area (TPSA) is 78.0 Å². The number of carbonyl (C=O) groups is 2. The van der Waals surface area contributed by atoms with E-state index in [0.717, 1.165) is 12.1 Å². The zero-order valence-electron chi connectivity index (χ0n) is 15.2. The van der Waals surface area contributed by atoms with Crippen LogP contribution in [0.3, 0.4) is 0 Å². The average molecular weight is 385 g/mol. The van der Waals surface area contributed by atoms with Crippen molar-refractivity contribution in [2.45, 2.75) is 17.7 Å². The lowest BCUT2D eigenvalue weighted by Gasteiger charge is -2.32. The molecule has 0 atom stereocenters. The maximum Gasteiger partial charge on any atom is 0.243 e. The van der Waals surface area contributed by atoms with Gasteiger partial charge in [0.05, 0.1) is 11.4 Å². The van der Waals surface area contributed by atoms with E-state index in [1.807, 2.05) is 0 Å². The van der Waals surface area contributed by atoms with Crippen molar-refractivity contribution < 1.29 is 22.4 Å². The zero-order chi connectivity index (χ0) is 19.5. The Labute approximate surface area is 153 Å². The number of benzene rings is 1. The molecule has 2 amide bonds. The number of amides is 2. The van der Waals surface area contributed by atoms with Crippen LogP contribution in [0.15, 0.2) is 29.2 Å². The first kappa shape index (κ1) is 20.3. The van der Waals surface area contributed by atoms with E-state index in [0.29, 0.717) is 12.8 Å². The first-order valence-electron chi connectivity index (χ1n) is 8.33. The second-order valence-electron chi connectivity index (χ2n) is 6.61. The number of hydrogen-bond donors (Lipinski definition) is 0. The minimum atomic E-state index is -3.70. The minimum absolute atomic E-state index is 0.0000737. The first-order chi connectivity index (χ1) is 12.1. The van der Waals surface area contributed by atoms with Crippen LogP contribution >= 0.6 is 0 Å². The van der Waals surface area contributed by atoms with Crippen molar-refractivity contribution in [3.8, 4) is 0 Å². The summed E-state index contributed by atoms with van der Waals surface area (Å²) in [7, 11) is 1.13. The Kier molecular flexibility index (Phi) is 6.35. The summed E-state index contributed by atoms with van der Waals surface area (Å²) in [6.45, 7) is 0.428. The largest absolute Gasteiger partial charge is 0.347 e. The van der Waals surface area contributed by atoms with Gasteiger partial charge in [-0.15, -0.1) is 0 Å². The predicted octanol–water partition coefficient (Wildman–Crippen LogP) is 0.773. The second-order valence-corrected chi connectivity index (χ2v) is 8.55.